The molecule has 1 heterocycles. The fraction of sp³-hybridized carbons (Fsp3) is 0. The summed E-state index contributed by atoms with van der Waals surface area (Å²) in [5, 5.41) is 11.0. The van der Waals surface area contributed by atoms with E-state index in [1.54, 1.807) is 30.3 Å². The molecule has 0 N–H and O–H groups in total. The molecule has 1 aliphatic rings. The van der Waals surface area contributed by atoms with Gasteiger partial charge < -0.3 is 9.47 Å². The van der Waals surface area contributed by atoms with Crippen LogP contribution in [-0.4, -0.2) is 4.92 Å². The second kappa shape index (κ2) is 3.89. The van der Waals surface area contributed by atoms with Gasteiger partial charge in [-0.25, -0.2) is 0 Å². The molecule has 2 aromatic rings. The number of ether oxygens (including phenoxy) is 2. The average molecular weight is 264 g/mol. The van der Waals surface area contributed by atoms with Crippen molar-refractivity contribution in [3.63, 3.8) is 0 Å². The van der Waals surface area contributed by atoms with E-state index in [0.29, 0.717) is 11.5 Å². The summed E-state index contributed by atoms with van der Waals surface area (Å²) in [6.07, 6.45) is 0. The van der Waals surface area contributed by atoms with E-state index < -0.39 is 4.92 Å². The first-order valence-electron chi connectivity index (χ1n) is 5.08. The van der Waals surface area contributed by atoms with E-state index in [1.807, 2.05) is 0 Å². The fourth-order valence-electron chi connectivity index (χ4n) is 1.72. The predicted molar refractivity (Wildman–Crippen MR) is 64.7 cm³/mol. The van der Waals surface area contributed by atoms with Crippen LogP contribution in [0.5, 0.6) is 23.0 Å². The Hall–Kier alpha value is -2.27. The molecule has 0 saturated heterocycles. The van der Waals surface area contributed by atoms with Gasteiger partial charge in [0.25, 0.3) is 0 Å². The third-order valence-corrected chi connectivity index (χ3v) is 2.81. The normalized spacial score (nSPS) is 11.8. The van der Waals surface area contributed by atoms with E-state index in [-0.39, 0.29) is 22.2 Å². The van der Waals surface area contributed by atoms with Crippen molar-refractivity contribution >= 4 is 17.3 Å². The van der Waals surface area contributed by atoms with Gasteiger partial charge in [-0.3, -0.25) is 10.1 Å². The molecular weight excluding hydrogens is 258 g/mol. The Balaban J connectivity index is 2.19. The molecule has 6 heteroatoms. The number of rotatable bonds is 1. The molecule has 18 heavy (non-hydrogen) atoms. The minimum absolute atomic E-state index is 0.0155. The quantitative estimate of drug-likeness (QED) is 0.489. The highest BCUT2D eigenvalue weighted by atomic mass is 35.5. The summed E-state index contributed by atoms with van der Waals surface area (Å²) >= 11 is 5.81. The van der Waals surface area contributed by atoms with Gasteiger partial charge in [0.15, 0.2) is 17.2 Å². The van der Waals surface area contributed by atoms with Gasteiger partial charge in [-0.15, -0.1) is 0 Å². The highest BCUT2D eigenvalue weighted by molar-refractivity contribution is 6.33. The van der Waals surface area contributed by atoms with E-state index in [4.69, 9.17) is 21.1 Å². The molecule has 0 fully saturated rings. The van der Waals surface area contributed by atoms with Gasteiger partial charge in [0.1, 0.15) is 5.02 Å². The highest BCUT2D eigenvalue weighted by Gasteiger charge is 2.29. The van der Waals surface area contributed by atoms with E-state index in [0.717, 1.165) is 0 Å². The Morgan fingerprint density at radius 3 is 2.33 bits per heavy atom. The Labute approximate surface area is 107 Å². The molecule has 2 aromatic carbocycles. The number of nitro benzene ring substituents is 1. The van der Waals surface area contributed by atoms with Crippen LogP contribution in [-0.2, 0) is 0 Å². The number of fused-ring (bicyclic) bond motifs is 2. The molecule has 0 spiro atoms. The summed E-state index contributed by atoms with van der Waals surface area (Å²) in [6.45, 7) is 0. The van der Waals surface area contributed by atoms with Crippen molar-refractivity contribution in [3.05, 3.63) is 51.5 Å². The first-order valence-corrected chi connectivity index (χ1v) is 5.46. The zero-order chi connectivity index (χ0) is 12.7. The topological polar surface area (TPSA) is 61.6 Å². The highest BCUT2D eigenvalue weighted by Crippen LogP contribution is 2.51. The first-order chi connectivity index (χ1) is 8.66. The maximum absolute atomic E-state index is 11.0. The number of halogens is 1. The Morgan fingerprint density at radius 1 is 1.00 bits per heavy atom. The molecule has 0 atom stereocenters. The van der Waals surface area contributed by atoms with Crippen molar-refractivity contribution in [2.45, 2.75) is 0 Å². The van der Waals surface area contributed by atoms with Crippen molar-refractivity contribution in [1.29, 1.82) is 0 Å². The number of hydrogen-bond donors (Lipinski definition) is 0. The summed E-state index contributed by atoms with van der Waals surface area (Å²) in [5.74, 6) is 1.26. The molecule has 0 aliphatic carbocycles. The van der Waals surface area contributed by atoms with Gasteiger partial charge in [0, 0.05) is 0 Å². The Bertz CT molecular complexity index is 657. The van der Waals surface area contributed by atoms with Crippen molar-refractivity contribution in [2.75, 3.05) is 0 Å². The molecule has 1 aliphatic heterocycles. The molecule has 0 amide bonds. The minimum atomic E-state index is -0.585. The number of benzene rings is 2. The van der Waals surface area contributed by atoms with E-state index in [1.165, 1.54) is 6.07 Å². The van der Waals surface area contributed by atoms with E-state index in [9.17, 15) is 10.1 Å². The molecule has 0 radical (unpaired) electrons. The predicted octanol–water partition coefficient (Wildman–Crippen LogP) is 4.15. The van der Waals surface area contributed by atoms with E-state index >= 15 is 0 Å². The monoisotopic (exact) mass is 263 g/mol. The third kappa shape index (κ3) is 1.56. The lowest BCUT2D eigenvalue weighted by molar-refractivity contribution is -0.385. The van der Waals surface area contributed by atoms with Crippen LogP contribution in [0.25, 0.3) is 0 Å². The summed E-state index contributed by atoms with van der Waals surface area (Å²) < 4.78 is 11.0. The van der Waals surface area contributed by atoms with Crippen LogP contribution in [0.3, 0.4) is 0 Å². The van der Waals surface area contributed by atoms with Crippen LogP contribution in [0.2, 0.25) is 5.02 Å². The van der Waals surface area contributed by atoms with Gasteiger partial charge >= 0.3 is 5.69 Å². The Kier molecular flexibility index (Phi) is 2.34. The van der Waals surface area contributed by atoms with E-state index in [2.05, 4.69) is 0 Å². The first kappa shape index (κ1) is 10.9. The van der Waals surface area contributed by atoms with Crippen molar-refractivity contribution in [1.82, 2.24) is 0 Å². The SMILES string of the molecule is O=[N+]([O-])c1c(Cl)ccc2c1Oc1ccccc1O2. The van der Waals surface area contributed by atoms with Crippen LogP contribution in [0.4, 0.5) is 5.69 Å². The lowest BCUT2D eigenvalue weighted by atomic mass is 10.2. The van der Waals surface area contributed by atoms with Gasteiger partial charge in [-0.05, 0) is 24.3 Å². The van der Waals surface area contributed by atoms with Crippen molar-refractivity contribution in [2.24, 2.45) is 0 Å². The second-order valence-electron chi connectivity index (χ2n) is 3.63. The zero-order valence-corrected chi connectivity index (χ0v) is 9.68. The molecule has 0 unspecified atom stereocenters. The van der Waals surface area contributed by atoms with Gasteiger partial charge in [0.2, 0.25) is 5.75 Å². The molecule has 0 saturated carbocycles. The maximum atomic E-state index is 11.0. The number of hydrogen-bond acceptors (Lipinski definition) is 4. The molecule has 3 rings (SSSR count). The largest absolute Gasteiger partial charge is 0.449 e. The van der Waals surface area contributed by atoms with Crippen LogP contribution < -0.4 is 9.47 Å². The fourth-order valence-corrected chi connectivity index (χ4v) is 1.94. The Morgan fingerprint density at radius 2 is 1.67 bits per heavy atom. The molecular formula is C12H6ClNO4. The number of nitrogens with zero attached hydrogens (tertiary/aromatic N) is 1. The van der Waals surface area contributed by atoms with Crippen molar-refractivity contribution < 1.29 is 14.4 Å². The van der Waals surface area contributed by atoms with Gasteiger partial charge in [-0.2, -0.15) is 0 Å². The average Bonchev–Trinajstić information content (AvgIpc) is 2.36. The van der Waals surface area contributed by atoms with Crippen LogP contribution in [0.1, 0.15) is 0 Å². The zero-order valence-electron chi connectivity index (χ0n) is 8.92. The van der Waals surface area contributed by atoms with Crippen LogP contribution in [0, 0.1) is 10.1 Å². The summed E-state index contributed by atoms with van der Waals surface area (Å²) in [7, 11) is 0. The molecule has 5 nitrogen and oxygen atoms in total. The lowest BCUT2D eigenvalue weighted by Crippen LogP contribution is -2.02. The third-order valence-electron chi connectivity index (χ3n) is 2.51. The molecule has 0 bridgehead atoms. The standard InChI is InChI=1S/C12H6ClNO4/c13-7-5-6-10-12(11(7)14(15)16)18-9-4-2-1-3-8(9)17-10/h1-6H. The summed E-state index contributed by atoms with van der Waals surface area (Å²) in [6, 6.07) is 9.89. The summed E-state index contributed by atoms with van der Waals surface area (Å²) in [5.41, 5.74) is -0.288. The lowest BCUT2D eigenvalue weighted by Gasteiger charge is -2.20. The van der Waals surface area contributed by atoms with Gasteiger partial charge in [0.05, 0.1) is 4.92 Å². The summed E-state index contributed by atoms with van der Waals surface area (Å²) in [4.78, 5) is 10.4. The molecule has 90 valence electrons. The smallest absolute Gasteiger partial charge is 0.333 e. The molecule has 0 aromatic heterocycles. The number of nitro groups is 1. The van der Waals surface area contributed by atoms with Crippen molar-refractivity contribution in [3.8, 4) is 23.0 Å². The maximum Gasteiger partial charge on any atom is 0.333 e. The number of para-hydroxylation sites is 2. The van der Waals surface area contributed by atoms with Crippen LogP contribution in [0.15, 0.2) is 36.4 Å². The van der Waals surface area contributed by atoms with Gasteiger partial charge in [-0.1, -0.05) is 23.7 Å². The van der Waals surface area contributed by atoms with Crippen LogP contribution >= 0.6 is 11.6 Å². The minimum Gasteiger partial charge on any atom is -0.449 e. The second-order valence-corrected chi connectivity index (χ2v) is 4.04.